The lowest BCUT2D eigenvalue weighted by Crippen LogP contribution is -2.32. The molecule has 0 aliphatic carbocycles. The molecule has 0 radical (unpaired) electrons. The van der Waals surface area contributed by atoms with Gasteiger partial charge in [0, 0.05) is 22.8 Å². The third kappa shape index (κ3) is 5.59. The van der Waals surface area contributed by atoms with E-state index in [1.165, 1.54) is 4.57 Å². The molecule has 1 N–H and O–H groups in total. The number of hydrogen-bond donors (Lipinski definition) is 1. The molecule has 34 heavy (non-hydrogen) atoms. The van der Waals surface area contributed by atoms with Crippen LogP contribution in [0.2, 0.25) is 0 Å². The molecule has 4 rings (SSSR count). The fourth-order valence-electron chi connectivity index (χ4n) is 4.86. The number of nitrogens with zero attached hydrogens (tertiary/aromatic N) is 1. The van der Waals surface area contributed by atoms with Crippen molar-refractivity contribution in [2.75, 3.05) is 16.8 Å². The fraction of sp³-hybridized carbons (Fsp3) is 0.462. The summed E-state index contributed by atoms with van der Waals surface area (Å²) in [6, 6.07) is 14.9. The summed E-state index contributed by atoms with van der Waals surface area (Å²) in [6.45, 7) is 3.18. The Balaban J connectivity index is 1.77. The van der Waals surface area contributed by atoms with Crippen LogP contribution in [-0.2, 0) is 16.4 Å². The Bertz CT molecular complexity index is 1250. The highest BCUT2D eigenvalue weighted by Gasteiger charge is 2.31. The molecule has 8 heteroatoms. The van der Waals surface area contributed by atoms with Gasteiger partial charge in [-0.3, -0.25) is 0 Å². The number of aromatic nitrogens is 1. The van der Waals surface area contributed by atoms with Crippen molar-refractivity contribution in [3.05, 3.63) is 54.1 Å². The Morgan fingerprint density at radius 3 is 2.47 bits per heavy atom. The number of nitrogens with one attached hydrogen (secondary N) is 1. The molecule has 1 aliphatic heterocycles. The van der Waals surface area contributed by atoms with Crippen LogP contribution < -0.4 is 5.32 Å². The summed E-state index contributed by atoms with van der Waals surface area (Å²) in [5.74, 6) is 0.582. The van der Waals surface area contributed by atoms with Crippen LogP contribution in [0, 0.1) is 0 Å². The van der Waals surface area contributed by atoms with Crippen LogP contribution in [0.1, 0.15) is 51.0 Å². The fourth-order valence-corrected chi connectivity index (χ4v) is 6.35. The Morgan fingerprint density at radius 1 is 1.09 bits per heavy atom. The molecule has 0 bridgehead atoms. The summed E-state index contributed by atoms with van der Waals surface area (Å²) >= 11 is 0. The number of sulfone groups is 1. The minimum absolute atomic E-state index is 0.0261. The van der Waals surface area contributed by atoms with E-state index in [4.69, 9.17) is 0 Å². The summed E-state index contributed by atoms with van der Waals surface area (Å²) in [5.41, 5.74) is 3.64. The molecular weight excluding hydrogens is 461 g/mol. The van der Waals surface area contributed by atoms with Gasteiger partial charge in [0.25, 0.3) is 0 Å². The quantitative estimate of drug-likeness (QED) is 0.396. The lowest BCUT2D eigenvalue weighted by molar-refractivity contribution is -0.139. The van der Waals surface area contributed by atoms with Crippen LogP contribution in [0.25, 0.3) is 22.2 Å². The normalized spacial score (nSPS) is 17.7. The van der Waals surface area contributed by atoms with Crippen LogP contribution in [-0.4, -0.2) is 36.7 Å². The molecule has 0 saturated carbocycles. The van der Waals surface area contributed by atoms with E-state index in [-0.39, 0.29) is 17.5 Å². The molecule has 1 unspecified atom stereocenters. The standard InChI is InChI=1S/C26H31F3N2O2S/c1-3-6-18(2)19-7-4-8-20(15-19)25-16-22-23(30-21-11-13-34(32,33)14-12-21)9-5-10-24(22)31(25)17-26(27,28)29/h4-5,7-10,15-16,18,21,30H,3,6,11-14,17H2,1-2H3. The number of alkyl halides is 3. The van der Waals surface area contributed by atoms with E-state index >= 15 is 0 Å². The average Bonchev–Trinajstić information content (AvgIpc) is 3.13. The number of hydrogen-bond acceptors (Lipinski definition) is 3. The highest BCUT2D eigenvalue weighted by Crippen LogP contribution is 2.36. The van der Waals surface area contributed by atoms with Crippen LogP contribution >= 0.6 is 0 Å². The summed E-state index contributed by atoms with van der Waals surface area (Å²) in [6.07, 6.45) is -1.33. The molecule has 184 valence electrons. The second-order valence-electron chi connectivity index (χ2n) is 9.35. The first-order chi connectivity index (χ1) is 16.1. The molecule has 3 aromatic rings. The smallest absolute Gasteiger partial charge is 0.382 e. The van der Waals surface area contributed by atoms with Gasteiger partial charge in [0.2, 0.25) is 0 Å². The average molecular weight is 493 g/mol. The monoisotopic (exact) mass is 492 g/mol. The van der Waals surface area contributed by atoms with E-state index in [0.29, 0.717) is 35.4 Å². The third-order valence-electron chi connectivity index (χ3n) is 6.67. The van der Waals surface area contributed by atoms with Gasteiger partial charge in [-0.05, 0) is 60.6 Å². The lowest BCUT2D eigenvalue weighted by atomic mass is 9.94. The minimum atomic E-state index is -4.37. The zero-order valence-corrected chi connectivity index (χ0v) is 20.3. The number of benzene rings is 2. The Labute approximate surface area is 199 Å². The highest BCUT2D eigenvalue weighted by molar-refractivity contribution is 7.91. The van der Waals surface area contributed by atoms with E-state index in [2.05, 4.69) is 19.2 Å². The van der Waals surface area contributed by atoms with Crippen LogP contribution in [0.3, 0.4) is 0 Å². The zero-order valence-electron chi connectivity index (χ0n) is 19.5. The maximum atomic E-state index is 13.6. The van der Waals surface area contributed by atoms with Crippen molar-refractivity contribution in [3.63, 3.8) is 0 Å². The van der Waals surface area contributed by atoms with Gasteiger partial charge < -0.3 is 9.88 Å². The van der Waals surface area contributed by atoms with E-state index in [9.17, 15) is 21.6 Å². The Morgan fingerprint density at radius 2 is 1.79 bits per heavy atom. The van der Waals surface area contributed by atoms with E-state index < -0.39 is 22.6 Å². The molecule has 1 atom stereocenters. The van der Waals surface area contributed by atoms with Crippen molar-refractivity contribution >= 4 is 26.4 Å². The van der Waals surface area contributed by atoms with Gasteiger partial charge in [-0.1, -0.05) is 44.5 Å². The summed E-state index contributed by atoms with van der Waals surface area (Å²) in [4.78, 5) is 0. The predicted octanol–water partition coefficient (Wildman–Crippen LogP) is 6.76. The zero-order chi connectivity index (χ0) is 24.5. The number of rotatable bonds is 7. The maximum Gasteiger partial charge on any atom is 0.406 e. The summed E-state index contributed by atoms with van der Waals surface area (Å²) < 4.78 is 65.7. The molecule has 1 aromatic heterocycles. The van der Waals surface area contributed by atoms with Gasteiger partial charge in [0.05, 0.1) is 17.0 Å². The first-order valence-electron chi connectivity index (χ1n) is 11.8. The van der Waals surface area contributed by atoms with Gasteiger partial charge >= 0.3 is 6.18 Å². The molecular formula is C26H31F3N2O2S. The summed E-state index contributed by atoms with van der Waals surface area (Å²) in [5, 5.41) is 4.11. The number of fused-ring (bicyclic) bond motifs is 1. The maximum absolute atomic E-state index is 13.6. The van der Waals surface area contributed by atoms with Crippen molar-refractivity contribution in [1.29, 1.82) is 0 Å². The van der Waals surface area contributed by atoms with Gasteiger partial charge in [0.1, 0.15) is 16.4 Å². The third-order valence-corrected chi connectivity index (χ3v) is 8.39. The molecule has 0 spiro atoms. The predicted molar refractivity (Wildman–Crippen MR) is 132 cm³/mol. The topological polar surface area (TPSA) is 51.1 Å². The Hall–Kier alpha value is -2.48. The van der Waals surface area contributed by atoms with Gasteiger partial charge in [-0.2, -0.15) is 13.2 Å². The Kier molecular flexibility index (Phi) is 6.99. The van der Waals surface area contributed by atoms with Crippen molar-refractivity contribution in [1.82, 2.24) is 4.57 Å². The van der Waals surface area contributed by atoms with Gasteiger partial charge in [0.15, 0.2) is 0 Å². The van der Waals surface area contributed by atoms with Crippen molar-refractivity contribution < 1.29 is 21.6 Å². The van der Waals surface area contributed by atoms with Crippen molar-refractivity contribution in [2.24, 2.45) is 0 Å². The molecule has 1 fully saturated rings. The van der Waals surface area contributed by atoms with E-state index in [0.717, 1.165) is 29.7 Å². The second-order valence-corrected chi connectivity index (χ2v) is 11.7. The SMILES string of the molecule is CCCC(C)c1cccc(-c2cc3c(NC4CCS(=O)(=O)CC4)cccc3n2CC(F)(F)F)c1. The molecule has 4 nitrogen and oxygen atoms in total. The van der Waals surface area contributed by atoms with Crippen molar-refractivity contribution in [3.8, 4) is 11.3 Å². The number of anilines is 1. The summed E-state index contributed by atoms with van der Waals surface area (Å²) in [7, 11) is -2.99. The van der Waals surface area contributed by atoms with Gasteiger partial charge in [-0.15, -0.1) is 0 Å². The first kappa shape index (κ1) is 24.6. The molecule has 1 aliphatic rings. The van der Waals surface area contributed by atoms with Crippen LogP contribution in [0.5, 0.6) is 0 Å². The highest BCUT2D eigenvalue weighted by atomic mass is 32.2. The van der Waals surface area contributed by atoms with E-state index in [1.54, 1.807) is 12.1 Å². The number of halogens is 3. The lowest BCUT2D eigenvalue weighted by Gasteiger charge is -2.24. The van der Waals surface area contributed by atoms with E-state index in [1.807, 2.05) is 36.4 Å². The van der Waals surface area contributed by atoms with Crippen molar-refractivity contribution in [2.45, 2.75) is 64.2 Å². The molecule has 2 heterocycles. The van der Waals surface area contributed by atoms with Gasteiger partial charge in [-0.25, -0.2) is 8.42 Å². The first-order valence-corrected chi connectivity index (χ1v) is 13.6. The van der Waals surface area contributed by atoms with Crippen LogP contribution in [0.15, 0.2) is 48.5 Å². The second kappa shape index (κ2) is 9.64. The largest absolute Gasteiger partial charge is 0.406 e. The minimum Gasteiger partial charge on any atom is -0.382 e. The van der Waals surface area contributed by atoms with Crippen LogP contribution in [0.4, 0.5) is 18.9 Å². The molecule has 2 aromatic carbocycles. The molecule has 1 saturated heterocycles. The molecule has 0 amide bonds.